The molecule has 11 heteroatoms. The zero-order valence-electron chi connectivity index (χ0n) is 23.4. The third kappa shape index (κ3) is 11.0. The van der Waals surface area contributed by atoms with Crippen molar-refractivity contribution in [1.82, 2.24) is 0 Å². The molecule has 0 aliphatic carbocycles. The Kier molecular flexibility index (Phi) is 14.4. The van der Waals surface area contributed by atoms with Gasteiger partial charge in [-0.3, -0.25) is 4.79 Å². The van der Waals surface area contributed by atoms with Crippen LogP contribution in [0.5, 0.6) is 5.75 Å². The zero-order chi connectivity index (χ0) is 29.1. The van der Waals surface area contributed by atoms with Crippen LogP contribution in [-0.4, -0.2) is 79.1 Å². The topological polar surface area (TPSA) is 147 Å². The van der Waals surface area contributed by atoms with Gasteiger partial charge in [0.2, 0.25) is 0 Å². The van der Waals surface area contributed by atoms with E-state index in [4.69, 9.17) is 39.7 Å². The van der Waals surface area contributed by atoms with Crippen molar-refractivity contribution in [3.05, 3.63) is 76.7 Å². The lowest BCUT2D eigenvalue weighted by Gasteiger charge is -2.14. The van der Waals surface area contributed by atoms with Crippen molar-refractivity contribution in [3.8, 4) is 16.9 Å². The first-order valence-electron chi connectivity index (χ1n) is 13.5. The average molecular weight is 567 g/mol. The molecule has 0 saturated heterocycles. The summed E-state index contributed by atoms with van der Waals surface area (Å²) in [5.74, 6) is 0.461. The number of azide groups is 1. The van der Waals surface area contributed by atoms with Gasteiger partial charge in [-0.1, -0.05) is 59.7 Å². The molecule has 0 fully saturated rings. The van der Waals surface area contributed by atoms with E-state index >= 15 is 0 Å². The molecule has 0 bridgehead atoms. The van der Waals surface area contributed by atoms with Crippen molar-refractivity contribution in [2.24, 2.45) is 10.8 Å². The second-order valence-corrected chi connectivity index (χ2v) is 8.92. The number of fused-ring (bicyclic) bond motifs is 1. The Morgan fingerprint density at radius 2 is 1.39 bits per heavy atom. The second-order valence-electron chi connectivity index (χ2n) is 8.92. The fourth-order valence-electron chi connectivity index (χ4n) is 4.06. The van der Waals surface area contributed by atoms with E-state index in [1.165, 1.54) is 7.11 Å². The van der Waals surface area contributed by atoms with E-state index < -0.39 is 6.04 Å². The van der Waals surface area contributed by atoms with Crippen LogP contribution in [-0.2, 0) is 28.5 Å². The first-order chi connectivity index (χ1) is 20.1. The molecule has 0 aliphatic rings. The lowest BCUT2D eigenvalue weighted by molar-refractivity contribution is -0.141. The Hall–Kier alpha value is -3.70. The number of nitrogens with two attached hydrogens (primary N) is 1. The Morgan fingerprint density at radius 1 is 0.805 bits per heavy atom. The number of hydrogen-bond donors (Lipinski definition) is 1. The van der Waals surface area contributed by atoms with E-state index in [0.29, 0.717) is 66.0 Å². The van der Waals surface area contributed by atoms with Crippen LogP contribution in [0.4, 0.5) is 0 Å². The van der Waals surface area contributed by atoms with Crippen molar-refractivity contribution in [2.75, 3.05) is 73.1 Å². The number of rotatable bonds is 20. The minimum Gasteiger partial charge on any atom is -0.491 e. The van der Waals surface area contributed by atoms with Gasteiger partial charge in [0, 0.05) is 22.9 Å². The van der Waals surface area contributed by atoms with E-state index in [-0.39, 0.29) is 12.4 Å². The van der Waals surface area contributed by atoms with Gasteiger partial charge >= 0.3 is 5.97 Å². The highest BCUT2D eigenvalue weighted by Gasteiger charge is 2.13. The van der Waals surface area contributed by atoms with Crippen LogP contribution in [0.15, 0.2) is 65.8 Å². The number of methoxy groups -OCH3 is 1. The Balaban J connectivity index is 1.37. The Bertz CT molecular complexity index is 1250. The van der Waals surface area contributed by atoms with Crippen molar-refractivity contribution in [1.29, 1.82) is 0 Å². The summed E-state index contributed by atoms with van der Waals surface area (Å²) in [4.78, 5) is 14.2. The molecule has 0 spiro atoms. The Labute approximate surface area is 240 Å². The number of carbonyl (C=O) groups excluding carboxylic acids is 1. The van der Waals surface area contributed by atoms with E-state index in [2.05, 4.69) is 16.1 Å². The molecule has 0 aliphatic heterocycles. The molecule has 0 amide bonds. The molecule has 0 heterocycles. The predicted octanol–water partition coefficient (Wildman–Crippen LogP) is 4.83. The SMILES string of the molecule is COC(=O)CC(N)c1ccc(-c2ccc(OCCOCCOCCOCCOCCN=[N+]=[N-])c3ccccc23)cc1. The molecular formula is C30H38N4O7. The summed E-state index contributed by atoms with van der Waals surface area (Å²) in [5.41, 5.74) is 17.3. The van der Waals surface area contributed by atoms with Crippen molar-refractivity contribution < 1.29 is 33.2 Å². The van der Waals surface area contributed by atoms with Crippen LogP contribution < -0.4 is 10.5 Å². The molecule has 2 N–H and O–H groups in total. The van der Waals surface area contributed by atoms with Gasteiger partial charge in [0.05, 0.1) is 66.4 Å². The summed E-state index contributed by atoms with van der Waals surface area (Å²) in [6, 6.07) is 19.7. The molecule has 1 atom stereocenters. The lowest BCUT2D eigenvalue weighted by Crippen LogP contribution is -2.16. The summed E-state index contributed by atoms with van der Waals surface area (Å²) in [6.07, 6.45) is 0.136. The molecule has 0 aromatic heterocycles. The van der Waals surface area contributed by atoms with Gasteiger partial charge in [-0.15, -0.1) is 0 Å². The molecule has 3 aromatic rings. The molecule has 0 radical (unpaired) electrons. The molecule has 3 rings (SSSR count). The smallest absolute Gasteiger partial charge is 0.307 e. The fourth-order valence-corrected chi connectivity index (χ4v) is 4.06. The first kappa shape index (κ1) is 31.8. The van der Waals surface area contributed by atoms with Gasteiger partial charge in [-0.05, 0) is 33.7 Å². The molecule has 0 saturated carbocycles. The molecular weight excluding hydrogens is 528 g/mol. The summed E-state index contributed by atoms with van der Waals surface area (Å²) >= 11 is 0. The summed E-state index contributed by atoms with van der Waals surface area (Å²) in [5, 5.41) is 5.47. The highest BCUT2D eigenvalue weighted by Crippen LogP contribution is 2.35. The molecule has 3 aromatic carbocycles. The van der Waals surface area contributed by atoms with E-state index in [1.807, 2.05) is 54.6 Å². The molecule has 220 valence electrons. The van der Waals surface area contributed by atoms with Gasteiger partial charge in [0.1, 0.15) is 12.4 Å². The van der Waals surface area contributed by atoms with Crippen molar-refractivity contribution in [2.45, 2.75) is 12.5 Å². The van der Waals surface area contributed by atoms with Gasteiger partial charge in [-0.25, -0.2) is 0 Å². The number of benzene rings is 3. The predicted molar refractivity (Wildman–Crippen MR) is 156 cm³/mol. The minimum absolute atomic E-state index is 0.136. The first-order valence-corrected chi connectivity index (χ1v) is 13.5. The monoisotopic (exact) mass is 566 g/mol. The van der Waals surface area contributed by atoms with Gasteiger partial charge in [0.25, 0.3) is 0 Å². The fraction of sp³-hybridized carbons (Fsp3) is 0.433. The van der Waals surface area contributed by atoms with Crippen molar-refractivity contribution in [3.63, 3.8) is 0 Å². The van der Waals surface area contributed by atoms with Crippen LogP contribution in [0, 0.1) is 0 Å². The average Bonchev–Trinajstić information content (AvgIpc) is 3.00. The van der Waals surface area contributed by atoms with Gasteiger partial charge in [0.15, 0.2) is 0 Å². The van der Waals surface area contributed by atoms with Crippen molar-refractivity contribution >= 4 is 16.7 Å². The van der Waals surface area contributed by atoms with E-state index in [0.717, 1.165) is 33.2 Å². The van der Waals surface area contributed by atoms with Crippen LogP contribution in [0.25, 0.3) is 32.3 Å². The molecule has 41 heavy (non-hydrogen) atoms. The van der Waals surface area contributed by atoms with Crippen LogP contribution in [0.2, 0.25) is 0 Å². The normalized spacial score (nSPS) is 11.7. The Morgan fingerprint density at radius 3 is 2.00 bits per heavy atom. The molecule has 1 unspecified atom stereocenters. The third-order valence-corrected chi connectivity index (χ3v) is 6.15. The number of ether oxygens (including phenoxy) is 6. The van der Waals surface area contributed by atoms with Gasteiger partial charge < -0.3 is 34.2 Å². The maximum atomic E-state index is 11.5. The van der Waals surface area contributed by atoms with Gasteiger partial charge in [-0.2, -0.15) is 0 Å². The zero-order valence-corrected chi connectivity index (χ0v) is 23.4. The summed E-state index contributed by atoms with van der Waals surface area (Å²) in [6.45, 7) is 4.35. The maximum absolute atomic E-state index is 11.5. The van der Waals surface area contributed by atoms with Crippen LogP contribution >= 0.6 is 0 Å². The van der Waals surface area contributed by atoms with E-state index in [1.54, 1.807) is 0 Å². The second kappa shape index (κ2) is 18.6. The molecule has 11 nitrogen and oxygen atoms in total. The number of hydrogen-bond acceptors (Lipinski definition) is 9. The highest BCUT2D eigenvalue weighted by atomic mass is 16.6. The number of nitrogens with zero attached hydrogens (tertiary/aromatic N) is 3. The quantitative estimate of drug-likeness (QED) is 0.0673. The van der Waals surface area contributed by atoms with Crippen LogP contribution in [0.3, 0.4) is 0 Å². The minimum atomic E-state index is -0.411. The highest BCUT2D eigenvalue weighted by molar-refractivity contribution is 6.00. The largest absolute Gasteiger partial charge is 0.491 e. The van der Waals surface area contributed by atoms with Crippen LogP contribution in [0.1, 0.15) is 18.0 Å². The summed E-state index contributed by atoms with van der Waals surface area (Å²) < 4.78 is 32.5. The maximum Gasteiger partial charge on any atom is 0.307 e. The standard InChI is InChI=1S/C30H38N4O7/c1-36-30(35)22-28(31)24-8-6-23(7-9-24)25-10-11-29(27-5-3-2-4-26(25)27)41-21-20-40-19-18-39-17-16-38-15-14-37-13-12-33-34-32/h2-11,28H,12-22,31H2,1H3. The lowest BCUT2D eigenvalue weighted by atomic mass is 9.95. The summed E-state index contributed by atoms with van der Waals surface area (Å²) in [7, 11) is 1.36. The third-order valence-electron chi connectivity index (χ3n) is 6.15. The number of carbonyl (C=O) groups is 1. The van der Waals surface area contributed by atoms with E-state index in [9.17, 15) is 4.79 Å². The number of esters is 1.